The summed E-state index contributed by atoms with van der Waals surface area (Å²) in [5.74, 6) is -2.42. The Morgan fingerprint density at radius 3 is 2.25 bits per heavy atom. The zero-order valence-electron chi connectivity index (χ0n) is 15.5. The van der Waals surface area contributed by atoms with Gasteiger partial charge in [0.1, 0.15) is 5.75 Å². The van der Waals surface area contributed by atoms with Gasteiger partial charge >= 0.3 is 18.4 Å². The number of halogens is 6. The maximum absolute atomic E-state index is 12.5. The molecule has 1 aromatic heterocycles. The van der Waals surface area contributed by atoms with E-state index in [1.807, 2.05) is 0 Å². The molecule has 14 heteroatoms. The van der Waals surface area contributed by atoms with Gasteiger partial charge in [0.05, 0.1) is 4.90 Å². The molecule has 0 radical (unpaired) electrons. The van der Waals surface area contributed by atoms with Crippen LogP contribution >= 0.6 is 0 Å². The number of nitrogens with zero attached hydrogens (tertiary/aromatic N) is 2. The van der Waals surface area contributed by atoms with E-state index in [0.29, 0.717) is 5.56 Å². The van der Waals surface area contributed by atoms with Gasteiger partial charge in [0.25, 0.3) is 10.0 Å². The number of anilines is 1. The van der Waals surface area contributed by atoms with Crippen LogP contribution in [0.2, 0.25) is 0 Å². The van der Waals surface area contributed by atoms with E-state index in [1.165, 1.54) is 30.3 Å². The van der Waals surface area contributed by atoms with Crippen LogP contribution in [0, 0.1) is 0 Å². The number of ether oxygens (including phenoxy) is 1. The molecule has 0 atom stereocenters. The fourth-order valence-electron chi connectivity index (χ4n) is 2.31. The summed E-state index contributed by atoms with van der Waals surface area (Å²) in [6.45, 7) is 0. The quantitative estimate of drug-likeness (QED) is 0.503. The van der Waals surface area contributed by atoms with Gasteiger partial charge in [-0.3, -0.25) is 4.72 Å². The number of hydrogen-bond donors (Lipinski definition) is 1. The molecule has 0 aliphatic carbocycles. The maximum Gasteiger partial charge on any atom is 0.573 e. The average Bonchev–Trinajstić information content (AvgIpc) is 3.16. The molecular weight excluding hydrogens is 468 g/mol. The van der Waals surface area contributed by atoms with Crippen LogP contribution in [0.15, 0.2) is 57.9 Å². The minimum absolute atomic E-state index is 0.0213. The first kappa shape index (κ1) is 23.1. The van der Waals surface area contributed by atoms with Crippen LogP contribution in [0.4, 0.5) is 32.0 Å². The molecule has 0 bridgehead atoms. The van der Waals surface area contributed by atoms with Gasteiger partial charge in [0, 0.05) is 5.69 Å². The highest BCUT2D eigenvalue weighted by Gasteiger charge is 2.38. The van der Waals surface area contributed by atoms with Gasteiger partial charge in [-0.15, -0.1) is 13.2 Å². The predicted molar refractivity (Wildman–Crippen MR) is 98.6 cm³/mol. The van der Waals surface area contributed by atoms with Crippen LogP contribution in [0.3, 0.4) is 0 Å². The Labute approximate surface area is 176 Å². The van der Waals surface area contributed by atoms with Gasteiger partial charge in [-0.25, -0.2) is 8.42 Å². The molecule has 7 nitrogen and oxygen atoms in total. The summed E-state index contributed by atoms with van der Waals surface area (Å²) in [5, 5.41) is 3.15. The SMILES string of the molecule is O=S(=O)(Nc1ccc(OC(F)(F)F)cc1)c1cccc(/C=C/c2noc(C(F)(F)F)n2)c1. The molecule has 0 saturated carbocycles. The highest BCUT2D eigenvalue weighted by atomic mass is 32.2. The molecule has 170 valence electrons. The largest absolute Gasteiger partial charge is 0.573 e. The molecule has 32 heavy (non-hydrogen) atoms. The van der Waals surface area contributed by atoms with Crippen molar-refractivity contribution in [2.24, 2.45) is 0 Å². The van der Waals surface area contributed by atoms with Crippen molar-refractivity contribution < 1.29 is 44.0 Å². The van der Waals surface area contributed by atoms with Crippen molar-refractivity contribution >= 4 is 27.9 Å². The lowest BCUT2D eigenvalue weighted by atomic mass is 10.2. The number of sulfonamides is 1. The summed E-state index contributed by atoms with van der Waals surface area (Å²) in [6.07, 6.45) is -7.31. The summed E-state index contributed by atoms with van der Waals surface area (Å²) in [7, 11) is -4.13. The number of nitrogens with one attached hydrogen (secondary N) is 1. The Bertz CT molecular complexity index is 1220. The second kappa shape index (κ2) is 8.53. The second-order valence-electron chi connectivity index (χ2n) is 6.04. The zero-order chi connectivity index (χ0) is 23.6. The van der Waals surface area contributed by atoms with Gasteiger partial charge in [-0.1, -0.05) is 23.4 Å². The van der Waals surface area contributed by atoms with E-state index in [0.717, 1.165) is 30.3 Å². The van der Waals surface area contributed by atoms with E-state index < -0.39 is 34.2 Å². The highest BCUT2D eigenvalue weighted by Crippen LogP contribution is 2.28. The van der Waals surface area contributed by atoms with E-state index in [1.54, 1.807) is 0 Å². The van der Waals surface area contributed by atoms with Crippen molar-refractivity contribution in [2.45, 2.75) is 17.4 Å². The highest BCUT2D eigenvalue weighted by molar-refractivity contribution is 7.92. The Morgan fingerprint density at radius 1 is 0.969 bits per heavy atom. The molecule has 0 aliphatic rings. The summed E-state index contributed by atoms with van der Waals surface area (Å²) >= 11 is 0. The summed E-state index contributed by atoms with van der Waals surface area (Å²) in [4.78, 5) is 2.94. The molecule has 0 saturated heterocycles. The molecule has 1 N–H and O–H groups in total. The predicted octanol–water partition coefficient (Wildman–Crippen LogP) is 4.96. The molecule has 2 aromatic carbocycles. The first-order valence-corrected chi connectivity index (χ1v) is 9.88. The third-order valence-electron chi connectivity index (χ3n) is 3.62. The molecule has 0 amide bonds. The lowest BCUT2D eigenvalue weighted by Crippen LogP contribution is -2.17. The van der Waals surface area contributed by atoms with Gasteiger partial charge in [0.2, 0.25) is 0 Å². The van der Waals surface area contributed by atoms with E-state index in [-0.39, 0.29) is 16.4 Å². The molecule has 0 unspecified atom stereocenters. The first-order valence-electron chi connectivity index (χ1n) is 8.39. The van der Waals surface area contributed by atoms with Crippen LogP contribution in [0.5, 0.6) is 5.75 Å². The summed E-state index contributed by atoms with van der Waals surface area (Å²) < 4.78 is 109. The average molecular weight is 479 g/mol. The van der Waals surface area contributed by atoms with Crippen LogP contribution in [0.1, 0.15) is 17.3 Å². The third-order valence-corrected chi connectivity index (χ3v) is 5.00. The van der Waals surface area contributed by atoms with Gasteiger partial charge in [-0.05, 0) is 48.0 Å². The molecular formula is C18H11F6N3O4S. The fourth-order valence-corrected chi connectivity index (χ4v) is 3.43. The van der Waals surface area contributed by atoms with Crippen LogP contribution in [0.25, 0.3) is 12.2 Å². The Morgan fingerprint density at radius 2 is 1.66 bits per heavy atom. The Balaban J connectivity index is 1.74. The minimum Gasteiger partial charge on any atom is -0.406 e. The van der Waals surface area contributed by atoms with E-state index in [9.17, 15) is 34.8 Å². The van der Waals surface area contributed by atoms with E-state index in [2.05, 4.69) is 24.1 Å². The topological polar surface area (TPSA) is 94.3 Å². The zero-order valence-corrected chi connectivity index (χ0v) is 16.3. The number of benzene rings is 2. The molecule has 3 rings (SSSR count). The number of aromatic nitrogens is 2. The van der Waals surface area contributed by atoms with Crippen molar-refractivity contribution in [1.29, 1.82) is 0 Å². The van der Waals surface area contributed by atoms with Crippen molar-refractivity contribution in [3.63, 3.8) is 0 Å². The van der Waals surface area contributed by atoms with Crippen LogP contribution < -0.4 is 9.46 Å². The van der Waals surface area contributed by atoms with Gasteiger partial charge in [0.15, 0.2) is 5.82 Å². The van der Waals surface area contributed by atoms with Crippen molar-refractivity contribution in [2.75, 3.05) is 4.72 Å². The number of rotatable bonds is 6. The summed E-state index contributed by atoms with van der Waals surface area (Å²) in [5.41, 5.74) is 0.270. The van der Waals surface area contributed by atoms with Crippen LogP contribution in [-0.4, -0.2) is 24.9 Å². The van der Waals surface area contributed by atoms with Crippen molar-refractivity contribution in [1.82, 2.24) is 10.1 Å². The van der Waals surface area contributed by atoms with Gasteiger partial charge in [-0.2, -0.15) is 18.2 Å². The molecule has 3 aromatic rings. The molecule has 0 fully saturated rings. The third kappa shape index (κ3) is 6.23. The lowest BCUT2D eigenvalue weighted by molar-refractivity contribution is -0.274. The number of hydrogen-bond acceptors (Lipinski definition) is 6. The maximum atomic E-state index is 12.5. The number of alkyl halides is 6. The lowest BCUT2D eigenvalue weighted by Gasteiger charge is -2.11. The standard InChI is InChI=1S/C18H11F6N3O4S/c19-17(20,21)16-25-15(26-31-16)9-4-11-2-1-3-14(10-11)32(28,29)27-12-5-7-13(8-6-12)30-18(22,23)24/h1-10,27H/b9-4+. The minimum atomic E-state index is -4.88. The normalized spacial score (nSPS) is 12.8. The summed E-state index contributed by atoms with van der Waals surface area (Å²) in [6, 6.07) is 9.35. The van der Waals surface area contributed by atoms with Crippen LogP contribution in [-0.2, 0) is 16.2 Å². The second-order valence-corrected chi connectivity index (χ2v) is 7.72. The Kier molecular flexibility index (Phi) is 6.16. The molecule has 1 heterocycles. The van der Waals surface area contributed by atoms with Gasteiger partial charge < -0.3 is 9.26 Å². The van der Waals surface area contributed by atoms with E-state index in [4.69, 9.17) is 0 Å². The Hall–Kier alpha value is -3.55. The van der Waals surface area contributed by atoms with Crippen molar-refractivity contribution in [3.05, 3.63) is 65.8 Å². The fraction of sp³-hybridized carbons (Fsp3) is 0.111. The smallest absolute Gasteiger partial charge is 0.406 e. The molecule has 0 aliphatic heterocycles. The molecule has 0 spiro atoms. The van der Waals surface area contributed by atoms with Crippen molar-refractivity contribution in [3.8, 4) is 5.75 Å². The van der Waals surface area contributed by atoms with E-state index >= 15 is 0 Å². The first-order chi connectivity index (χ1) is 14.8. The monoisotopic (exact) mass is 479 g/mol.